The summed E-state index contributed by atoms with van der Waals surface area (Å²) in [4.78, 5) is 11.1. The fourth-order valence-electron chi connectivity index (χ4n) is 2.14. The van der Waals surface area contributed by atoms with Crippen LogP contribution in [-0.4, -0.2) is 28.4 Å². The number of nitrogens with zero attached hydrogens (tertiary/aromatic N) is 3. The van der Waals surface area contributed by atoms with Crippen molar-refractivity contribution in [3.05, 3.63) is 18.0 Å². The molecular weight excluding hydrogens is 222 g/mol. The van der Waals surface area contributed by atoms with E-state index in [9.17, 15) is 0 Å². The molecule has 1 fully saturated rings. The van der Waals surface area contributed by atoms with Gasteiger partial charge in [-0.2, -0.15) is 0 Å². The van der Waals surface area contributed by atoms with Crippen LogP contribution in [0.3, 0.4) is 0 Å². The van der Waals surface area contributed by atoms with Crippen LogP contribution in [-0.2, 0) is 0 Å². The zero-order chi connectivity index (χ0) is 11.4. The number of hydrogen-bond acceptors (Lipinski definition) is 3. The lowest BCUT2D eigenvalue weighted by atomic mass is 10.1. The standard InChI is InChI=1S/C12H18ClN3/c1-10-8-14-12(15-9-10)16-6-4-2-3-5-11(16)7-13/h8-9,11H,2-7H2,1H3. The SMILES string of the molecule is Cc1cnc(N2CCCCCC2CCl)nc1. The van der Waals surface area contributed by atoms with Crippen LogP contribution in [0, 0.1) is 6.92 Å². The first-order valence-electron chi connectivity index (χ1n) is 5.92. The van der Waals surface area contributed by atoms with Gasteiger partial charge in [0.15, 0.2) is 0 Å². The van der Waals surface area contributed by atoms with Crippen molar-refractivity contribution in [1.82, 2.24) is 9.97 Å². The molecule has 0 N–H and O–H groups in total. The van der Waals surface area contributed by atoms with E-state index in [1.54, 1.807) is 0 Å². The van der Waals surface area contributed by atoms with Gasteiger partial charge in [0.25, 0.3) is 0 Å². The topological polar surface area (TPSA) is 29.0 Å². The van der Waals surface area contributed by atoms with Crippen LogP contribution in [0.15, 0.2) is 12.4 Å². The summed E-state index contributed by atoms with van der Waals surface area (Å²) in [5.41, 5.74) is 1.10. The van der Waals surface area contributed by atoms with Crippen molar-refractivity contribution in [3.8, 4) is 0 Å². The number of alkyl halides is 1. The number of aromatic nitrogens is 2. The normalized spacial score (nSPS) is 21.9. The monoisotopic (exact) mass is 239 g/mol. The highest BCUT2D eigenvalue weighted by Gasteiger charge is 2.22. The van der Waals surface area contributed by atoms with Crippen LogP contribution >= 0.6 is 11.6 Å². The fourth-order valence-corrected chi connectivity index (χ4v) is 2.46. The van der Waals surface area contributed by atoms with Gasteiger partial charge >= 0.3 is 0 Å². The summed E-state index contributed by atoms with van der Waals surface area (Å²) in [6.45, 7) is 3.03. The summed E-state index contributed by atoms with van der Waals surface area (Å²) in [6, 6.07) is 0.395. The molecule has 1 aromatic heterocycles. The van der Waals surface area contributed by atoms with Crippen LogP contribution in [0.1, 0.15) is 31.2 Å². The van der Waals surface area contributed by atoms with Gasteiger partial charge in [0, 0.05) is 30.9 Å². The third-order valence-corrected chi connectivity index (χ3v) is 3.44. The van der Waals surface area contributed by atoms with Crippen LogP contribution < -0.4 is 4.90 Å². The van der Waals surface area contributed by atoms with Gasteiger partial charge in [0.2, 0.25) is 5.95 Å². The van der Waals surface area contributed by atoms with E-state index in [2.05, 4.69) is 14.9 Å². The number of aryl methyl sites for hydroxylation is 1. The molecule has 3 nitrogen and oxygen atoms in total. The number of halogens is 1. The highest BCUT2D eigenvalue weighted by Crippen LogP contribution is 2.21. The second kappa shape index (κ2) is 5.48. The lowest BCUT2D eigenvalue weighted by Crippen LogP contribution is -2.37. The van der Waals surface area contributed by atoms with Crippen molar-refractivity contribution in [3.63, 3.8) is 0 Å². The van der Waals surface area contributed by atoms with Crippen LogP contribution in [0.25, 0.3) is 0 Å². The molecule has 1 aromatic rings. The van der Waals surface area contributed by atoms with Crippen LogP contribution in [0.2, 0.25) is 0 Å². The molecule has 88 valence electrons. The van der Waals surface area contributed by atoms with Crippen molar-refractivity contribution in [2.75, 3.05) is 17.3 Å². The highest BCUT2D eigenvalue weighted by atomic mass is 35.5. The minimum Gasteiger partial charge on any atom is -0.337 e. The van der Waals surface area contributed by atoms with Gasteiger partial charge in [-0.15, -0.1) is 11.6 Å². The number of hydrogen-bond donors (Lipinski definition) is 0. The van der Waals surface area contributed by atoms with Crippen molar-refractivity contribution < 1.29 is 0 Å². The molecule has 0 radical (unpaired) electrons. The first-order valence-corrected chi connectivity index (χ1v) is 6.46. The summed E-state index contributed by atoms with van der Waals surface area (Å²) in [5.74, 6) is 1.50. The van der Waals surface area contributed by atoms with E-state index < -0.39 is 0 Å². The molecule has 1 aliphatic heterocycles. The van der Waals surface area contributed by atoms with Gasteiger partial charge in [-0.3, -0.25) is 0 Å². The fraction of sp³-hybridized carbons (Fsp3) is 0.667. The minimum absolute atomic E-state index is 0.395. The lowest BCUT2D eigenvalue weighted by Gasteiger charge is -2.28. The number of rotatable bonds is 2. The molecule has 0 spiro atoms. The van der Waals surface area contributed by atoms with Crippen LogP contribution in [0.5, 0.6) is 0 Å². The predicted octanol–water partition coefficient (Wildman–Crippen LogP) is 2.77. The summed E-state index contributed by atoms with van der Waals surface area (Å²) < 4.78 is 0. The maximum absolute atomic E-state index is 6.03. The Labute approximate surface area is 102 Å². The minimum atomic E-state index is 0.395. The molecule has 0 aromatic carbocycles. The van der Waals surface area contributed by atoms with E-state index in [0.29, 0.717) is 11.9 Å². The van der Waals surface area contributed by atoms with Gasteiger partial charge < -0.3 is 4.90 Å². The van der Waals surface area contributed by atoms with Crippen molar-refractivity contribution in [1.29, 1.82) is 0 Å². The van der Waals surface area contributed by atoms with Gasteiger partial charge in [-0.1, -0.05) is 12.8 Å². The maximum atomic E-state index is 6.03. The molecule has 4 heteroatoms. The third-order valence-electron chi connectivity index (χ3n) is 3.08. The van der Waals surface area contributed by atoms with Crippen molar-refractivity contribution in [2.24, 2.45) is 0 Å². The molecule has 1 unspecified atom stereocenters. The quantitative estimate of drug-likeness (QED) is 0.744. The van der Waals surface area contributed by atoms with Gasteiger partial charge in [-0.05, 0) is 25.3 Å². The predicted molar refractivity (Wildman–Crippen MR) is 67.1 cm³/mol. The summed E-state index contributed by atoms with van der Waals surface area (Å²) in [7, 11) is 0. The lowest BCUT2D eigenvalue weighted by molar-refractivity contribution is 0.609. The molecule has 0 amide bonds. The van der Waals surface area contributed by atoms with E-state index in [1.807, 2.05) is 19.3 Å². The highest BCUT2D eigenvalue weighted by molar-refractivity contribution is 6.18. The molecular formula is C12H18ClN3. The zero-order valence-corrected chi connectivity index (χ0v) is 10.5. The maximum Gasteiger partial charge on any atom is 0.225 e. The van der Waals surface area contributed by atoms with Gasteiger partial charge in [0.1, 0.15) is 0 Å². The summed E-state index contributed by atoms with van der Waals surface area (Å²) in [6.07, 6.45) is 8.66. The molecule has 0 bridgehead atoms. The van der Waals surface area contributed by atoms with E-state index >= 15 is 0 Å². The smallest absolute Gasteiger partial charge is 0.225 e. The summed E-state index contributed by atoms with van der Waals surface area (Å²) in [5, 5.41) is 0. The van der Waals surface area contributed by atoms with E-state index in [0.717, 1.165) is 24.5 Å². The van der Waals surface area contributed by atoms with E-state index in [1.165, 1.54) is 19.3 Å². The Bertz CT molecular complexity index is 326. The Hall–Kier alpha value is -0.830. The molecule has 0 saturated carbocycles. The first-order chi connectivity index (χ1) is 7.81. The van der Waals surface area contributed by atoms with Crippen molar-refractivity contribution >= 4 is 17.5 Å². The van der Waals surface area contributed by atoms with Gasteiger partial charge in [-0.25, -0.2) is 9.97 Å². The largest absolute Gasteiger partial charge is 0.337 e. The second-order valence-electron chi connectivity index (χ2n) is 4.41. The van der Waals surface area contributed by atoms with Crippen LogP contribution in [0.4, 0.5) is 5.95 Å². The Morgan fingerprint density at radius 2 is 2.06 bits per heavy atom. The molecule has 1 saturated heterocycles. The Morgan fingerprint density at radius 1 is 1.31 bits per heavy atom. The second-order valence-corrected chi connectivity index (χ2v) is 4.72. The van der Waals surface area contributed by atoms with Gasteiger partial charge in [0.05, 0.1) is 0 Å². The third kappa shape index (κ3) is 2.64. The molecule has 2 heterocycles. The molecule has 1 atom stereocenters. The van der Waals surface area contributed by atoms with Crippen molar-refractivity contribution in [2.45, 2.75) is 38.6 Å². The Kier molecular flexibility index (Phi) is 3.99. The molecule has 1 aliphatic rings. The molecule has 2 rings (SSSR count). The Balaban J connectivity index is 2.18. The Morgan fingerprint density at radius 3 is 2.75 bits per heavy atom. The first kappa shape index (κ1) is 11.6. The average molecular weight is 240 g/mol. The molecule has 16 heavy (non-hydrogen) atoms. The zero-order valence-electron chi connectivity index (χ0n) is 9.69. The van der Waals surface area contributed by atoms with E-state index in [-0.39, 0.29) is 0 Å². The average Bonchev–Trinajstić information content (AvgIpc) is 2.55. The number of anilines is 1. The summed E-state index contributed by atoms with van der Waals surface area (Å²) >= 11 is 6.03. The van der Waals surface area contributed by atoms with E-state index in [4.69, 9.17) is 11.6 Å². The molecule has 0 aliphatic carbocycles.